The highest BCUT2D eigenvalue weighted by Crippen LogP contribution is 2.35. The van der Waals surface area contributed by atoms with Crippen LogP contribution in [0, 0.1) is 19.8 Å². The number of amides is 1. The van der Waals surface area contributed by atoms with Crippen molar-refractivity contribution in [2.75, 3.05) is 11.9 Å². The topological polar surface area (TPSA) is 126 Å². The molecule has 3 aromatic heterocycles. The molecule has 0 aliphatic heterocycles. The molecule has 0 radical (unpaired) electrons. The maximum Gasteiger partial charge on any atom is 0.223 e. The van der Waals surface area contributed by atoms with Gasteiger partial charge in [0.05, 0.1) is 0 Å². The number of anilines is 2. The summed E-state index contributed by atoms with van der Waals surface area (Å²) in [6.45, 7) is 9.98. The largest absolute Gasteiger partial charge is 0.352 e. The number of aromatic amines is 1. The van der Waals surface area contributed by atoms with Crippen molar-refractivity contribution in [3.8, 4) is 0 Å². The van der Waals surface area contributed by atoms with Gasteiger partial charge >= 0.3 is 0 Å². The zero-order chi connectivity index (χ0) is 25.5. The lowest BCUT2D eigenvalue weighted by Crippen LogP contribution is -2.34. The molecule has 0 atom stereocenters. The van der Waals surface area contributed by atoms with Crippen molar-refractivity contribution in [2.45, 2.75) is 52.4 Å². The zero-order valence-corrected chi connectivity index (χ0v) is 21.0. The van der Waals surface area contributed by atoms with E-state index >= 15 is 0 Å². The molecule has 10 nitrogen and oxygen atoms in total. The summed E-state index contributed by atoms with van der Waals surface area (Å²) >= 11 is 0. The fraction of sp³-hybridized carbons (Fsp3) is 0.385. The first-order chi connectivity index (χ1) is 17.4. The van der Waals surface area contributed by atoms with Crippen LogP contribution in [0.15, 0.2) is 53.3 Å². The van der Waals surface area contributed by atoms with E-state index in [2.05, 4.69) is 42.6 Å². The third-order valence-corrected chi connectivity index (χ3v) is 6.26. The van der Waals surface area contributed by atoms with E-state index in [-0.39, 0.29) is 17.7 Å². The Balaban J connectivity index is 1.29. The molecule has 1 amide bonds. The normalized spacial score (nSPS) is 18.6. The van der Waals surface area contributed by atoms with E-state index in [1.165, 1.54) is 0 Å². The highest BCUT2D eigenvalue weighted by molar-refractivity contribution is 5.79. The van der Waals surface area contributed by atoms with Gasteiger partial charge in [-0.15, -0.1) is 0 Å². The smallest absolute Gasteiger partial charge is 0.223 e. The van der Waals surface area contributed by atoms with Gasteiger partial charge in [-0.3, -0.25) is 9.89 Å². The molecule has 0 bridgehead atoms. The van der Waals surface area contributed by atoms with Gasteiger partial charge in [-0.25, -0.2) is 19.6 Å². The Morgan fingerprint density at radius 1 is 1.19 bits per heavy atom. The predicted molar refractivity (Wildman–Crippen MR) is 141 cm³/mol. The first kappa shape index (κ1) is 25.0. The maximum absolute atomic E-state index is 12.8. The van der Waals surface area contributed by atoms with E-state index in [0.29, 0.717) is 12.4 Å². The molecule has 1 fully saturated rings. The van der Waals surface area contributed by atoms with E-state index < -0.39 is 0 Å². The van der Waals surface area contributed by atoms with Crippen LogP contribution in [0.3, 0.4) is 0 Å². The first-order valence-electron chi connectivity index (χ1n) is 12.2. The summed E-state index contributed by atoms with van der Waals surface area (Å²) < 4.78 is 1.64. The van der Waals surface area contributed by atoms with Crippen molar-refractivity contribution >= 4 is 30.1 Å². The van der Waals surface area contributed by atoms with Crippen molar-refractivity contribution in [2.24, 2.45) is 10.9 Å². The van der Waals surface area contributed by atoms with E-state index in [1.807, 2.05) is 51.1 Å². The summed E-state index contributed by atoms with van der Waals surface area (Å²) in [4.78, 5) is 26.2. The Morgan fingerprint density at radius 3 is 2.67 bits per heavy atom. The van der Waals surface area contributed by atoms with Gasteiger partial charge in [0.2, 0.25) is 5.91 Å². The third kappa shape index (κ3) is 6.53. The minimum absolute atomic E-state index is 0.00787. The van der Waals surface area contributed by atoms with Gasteiger partial charge in [0.15, 0.2) is 11.6 Å². The van der Waals surface area contributed by atoms with Crippen LogP contribution in [0.25, 0.3) is 5.82 Å². The van der Waals surface area contributed by atoms with E-state index in [9.17, 15) is 4.79 Å². The van der Waals surface area contributed by atoms with Crippen molar-refractivity contribution in [3.05, 3.63) is 65.5 Å². The number of rotatable bonds is 9. The van der Waals surface area contributed by atoms with Crippen molar-refractivity contribution in [1.82, 2.24) is 35.3 Å². The minimum atomic E-state index is 0.00787. The van der Waals surface area contributed by atoms with Crippen molar-refractivity contribution < 1.29 is 4.79 Å². The summed E-state index contributed by atoms with van der Waals surface area (Å²) in [7, 11) is 0. The number of aryl methyl sites for hydroxylation is 2. The predicted octanol–water partition coefficient (Wildman–Crippen LogP) is 4.29. The van der Waals surface area contributed by atoms with E-state index in [0.717, 1.165) is 60.1 Å². The Kier molecular flexibility index (Phi) is 8.04. The number of hydrogen-bond acceptors (Lipinski definition) is 7. The van der Waals surface area contributed by atoms with Gasteiger partial charge in [0.1, 0.15) is 11.6 Å². The SMILES string of the molecule is C=N/C(=C\C=C(/C)CNC(=O)[C@H]1CC[C@H](c2nc(C)cc(Nc3cc(C)[nH]n3)n2)CC1)n1cccn1. The lowest BCUT2D eigenvalue weighted by molar-refractivity contribution is -0.125. The number of nitrogens with zero attached hydrogens (tertiary/aromatic N) is 6. The standard InChI is InChI=1S/C26H33N9O/c1-17(6-11-24(27-4)35-13-5-12-29-35)16-28-26(36)21-9-7-20(8-10-21)25-30-18(2)14-22(32-25)31-23-15-19(3)33-34-23/h5-6,11-15,20-21H,4,7-10,16H2,1-3H3,(H,28,36)(H2,30,31,32,33,34)/b17-6+,24-11+/t20-,21-. The number of aliphatic imine (C=N–C) groups is 1. The van der Waals surface area contributed by atoms with E-state index in [4.69, 9.17) is 4.98 Å². The van der Waals surface area contributed by atoms with Crippen LogP contribution in [0.2, 0.25) is 0 Å². The quantitative estimate of drug-likeness (QED) is 0.305. The van der Waals surface area contributed by atoms with Crippen LogP contribution in [0.1, 0.15) is 55.7 Å². The summed E-state index contributed by atoms with van der Waals surface area (Å²) in [5.74, 6) is 3.28. The first-order valence-corrected chi connectivity index (χ1v) is 12.2. The fourth-order valence-corrected chi connectivity index (χ4v) is 4.32. The van der Waals surface area contributed by atoms with Gasteiger partial charge in [-0.1, -0.05) is 11.6 Å². The average Bonchev–Trinajstić information content (AvgIpc) is 3.55. The number of carbonyl (C=O) groups excluding carboxylic acids is 1. The summed E-state index contributed by atoms with van der Waals surface area (Å²) in [6, 6.07) is 5.68. The Morgan fingerprint density at radius 2 is 2.00 bits per heavy atom. The number of hydrogen-bond donors (Lipinski definition) is 3. The van der Waals surface area contributed by atoms with Crippen molar-refractivity contribution in [3.63, 3.8) is 0 Å². The molecule has 3 N–H and O–H groups in total. The Labute approximate surface area is 211 Å². The molecule has 10 heteroatoms. The van der Waals surface area contributed by atoms with Crippen LogP contribution < -0.4 is 10.6 Å². The van der Waals surface area contributed by atoms with Gasteiger partial charge in [0.25, 0.3) is 0 Å². The fourth-order valence-electron chi connectivity index (χ4n) is 4.32. The minimum Gasteiger partial charge on any atom is -0.352 e. The molecular weight excluding hydrogens is 454 g/mol. The second-order valence-electron chi connectivity index (χ2n) is 9.23. The van der Waals surface area contributed by atoms with Crippen LogP contribution in [-0.4, -0.2) is 49.1 Å². The van der Waals surface area contributed by atoms with Gasteiger partial charge in [-0.2, -0.15) is 10.2 Å². The third-order valence-electron chi connectivity index (χ3n) is 6.26. The molecule has 0 spiro atoms. The molecular formula is C26H33N9O. The van der Waals surface area contributed by atoms with E-state index in [1.54, 1.807) is 17.1 Å². The van der Waals surface area contributed by atoms with Crippen LogP contribution in [0.4, 0.5) is 11.6 Å². The second kappa shape index (κ2) is 11.6. The summed E-state index contributed by atoms with van der Waals surface area (Å²) in [5.41, 5.74) is 2.91. The number of nitrogens with one attached hydrogen (secondary N) is 3. The molecule has 36 heavy (non-hydrogen) atoms. The maximum atomic E-state index is 12.8. The summed E-state index contributed by atoms with van der Waals surface area (Å²) in [6.07, 6.45) is 10.7. The van der Waals surface area contributed by atoms with Crippen LogP contribution in [0.5, 0.6) is 0 Å². The molecule has 0 saturated heterocycles. The molecule has 4 rings (SSSR count). The molecule has 188 valence electrons. The lowest BCUT2D eigenvalue weighted by Gasteiger charge is -2.27. The average molecular weight is 488 g/mol. The Bertz CT molecular complexity index is 1250. The highest BCUT2D eigenvalue weighted by atomic mass is 16.1. The number of H-pyrrole nitrogens is 1. The molecule has 0 aromatic carbocycles. The second-order valence-corrected chi connectivity index (χ2v) is 9.23. The van der Waals surface area contributed by atoms with Gasteiger partial charge < -0.3 is 10.6 Å². The molecule has 1 saturated carbocycles. The molecule has 1 aliphatic carbocycles. The molecule has 3 aromatic rings. The molecule has 3 heterocycles. The van der Waals surface area contributed by atoms with Crippen LogP contribution in [-0.2, 0) is 4.79 Å². The summed E-state index contributed by atoms with van der Waals surface area (Å²) in [5, 5.41) is 17.6. The monoisotopic (exact) mass is 487 g/mol. The van der Waals surface area contributed by atoms with Crippen molar-refractivity contribution in [1.29, 1.82) is 0 Å². The highest BCUT2D eigenvalue weighted by Gasteiger charge is 2.28. The Hall–Kier alpha value is -4.08. The number of aromatic nitrogens is 6. The van der Waals surface area contributed by atoms with Gasteiger partial charge in [0, 0.05) is 54.3 Å². The number of carbonyl (C=O) groups is 1. The molecule has 1 aliphatic rings. The van der Waals surface area contributed by atoms with Gasteiger partial charge in [-0.05, 0) is 65.3 Å². The number of allylic oxidation sites excluding steroid dienone is 2. The molecule has 0 unspecified atom stereocenters. The van der Waals surface area contributed by atoms with Crippen LogP contribution >= 0.6 is 0 Å². The lowest BCUT2D eigenvalue weighted by atomic mass is 9.81. The zero-order valence-electron chi connectivity index (χ0n) is 21.0.